The topological polar surface area (TPSA) is 78.5 Å². The van der Waals surface area contributed by atoms with Crippen LogP contribution in [0, 0.1) is 6.92 Å². The zero-order valence-corrected chi connectivity index (χ0v) is 19.1. The highest BCUT2D eigenvalue weighted by Crippen LogP contribution is 2.20. The van der Waals surface area contributed by atoms with Crippen molar-refractivity contribution in [2.45, 2.75) is 27.0 Å². The number of anilines is 1. The fourth-order valence-electron chi connectivity index (χ4n) is 3.20. The number of aromatic nitrogens is 2. The lowest BCUT2D eigenvalue weighted by atomic mass is 10.2. The van der Waals surface area contributed by atoms with Gasteiger partial charge in [0.15, 0.2) is 11.6 Å². The lowest BCUT2D eigenvalue weighted by Crippen LogP contribution is -2.12. The number of carbonyl (C=O) groups excluding carboxylic acids is 1. The van der Waals surface area contributed by atoms with Crippen LogP contribution in [0.3, 0.4) is 0 Å². The van der Waals surface area contributed by atoms with E-state index in [9.17, 15) is 4.79 Å². The third-order valence-corrected chi connectivity index (χ3v) is 5.12. The van der Waals surface area contributed by atoms with Crippen molar-refractivity contribution in [1.29, 1.82) is 0 Å². The average Bonchev–Trinajstić information content (AvgIpc) is 3.42. The van der Waals surface area contributed by atoms with Gasteiger partial charge in [-0.25, -0.2) is 0 Å². The Labute approximate surface area is 196 Å². The average molecular weight is 466 g/mol. The van der Waals surface area contributed by atoms with Gasteiger partial charge in [-0.05, 0) is 67.9 Å². The number of amides is 1. The minimum Gasteiger partial charge on any atom is -0.494 e. The van der Waals surface area contributed by atoms with Crippen molar-refractivity contribution in [3.63, 3.8) is 0 Å². The van der Waals surface area contributed by atoms with Crippen LogP contribution in [0.25, 0.3) is 0 Å². The van der Waals surface area contributed by atoms with E-state index in [1.807, 2.05) is 73.1 Å². The second-order valence-corrected chi connectivity index (χ2v) is 7.80. The van der Waals surface area contributed by atoms with Crippen LogP contribution in [0.4, 0.5) is 5.82 Å². The lowest BCUT2D eigenvalue weighted by molar-refractivity contribution is 0.0992. The molecule has 0 saturated heterocycles. The van der Waals surface area contributed by atoms with E-state index in [0.717, 1.165) is 17.0 Å². The molecule has 8 heteroatoms. The molecule has 0 aliphatic heterocycles. The Morgan fingerprint density at radius 1 is 1.03 bits per heavy atom. The van der Waals surface area contributed by atoms with E-state index in [1.165, 1.54) is 0 Å². The molecule has 0 radical (unpaired) electrons. The summed E-state index contributed by atoms with van der Waals surface area (Å²) in [5.74, 6) is 2.27. The first-order valence-corrected chi connectivity index (χ1v) is 10.9. The first-order valence-electron chi connectivity index (χ1n) is 10.5. The molecule has 170 valence electrons. The molecule has 0 spiro atoms. The standard InChI is InChI=1S/C25H24ClN3O4/c1-3-31-20-8-10-21(11-9-20)32-16-22-12-13-23(33-22)25(30)27-24-14-17(2)29(28-24)15-18-4-6-19(26)7-5-18/h4-14H,3,15-16H2,1-2H3,(H,27,28,30). The van der Waals surface area contributed by atoms with E-state index in [1.54, 1.807) is 12.1 Å². The molecule has 7 nitrogen and oxygen atoms in total. The van der Waals surface area contributed by atoms with Gasteiger partial charge in [0.05, 0.1) is 13.2 Å². The second kappa shape index (κ2) is 10.3. The molecule has 4 aromatic rings. The Morgan fingerprint density at radius 2 is 1.73 bits per heavy atom. The molecule has 1 N–H and O–H groups in total. The number of hydrogen-bond donors (Lipinski definition) is 1. The SMILES string of the molecule is CCOc1ccc(OCc2ccc(C(=O)Nc3cc(C)n(Cc4ccc(Cl)cc4)n3)o2)cc1. The highest BCUT2D eigenvalue weighted by atomic mass is 35.5. The summed E-state index contributed by atoms with van der Waals surface area (Å²) >= 11 is 5.94. The van der Waals surface area contributed by atoms with E-state index < -0.39 is 0 Å². The van der Waals surface area contributed by atoms with Crippen LogP contribution in [0.5, 0.6) is 11.5 Å². The summed E-state index contributed by atoms with van der Waals surface area (Å²) in [6.45, 7) is 5.26. The number of furan rings is 1. The molecular weight excluding hydrogens is 442 g/mol. The Kier molecular flexibility index (Phi) is 7.00. The van der Waals surface area contributed by atoms with Crippen LogP contribution in [0.15, 0.2) is 71.1 Å². The summed E-state index contributed by atoms with van der Waals surface area (Å²) in [4.78, 5) is 12.6. The van der Waals surface area contributed by atoms with Crippen LogP contribution in [-0.2, 0) is 13.2 Å². The normalized spacial score (nSPS) is 10.8. The molecule has 0 atom stereocenters. The third kappa shape index (κ3) is 5.96. The third-order valence-electron chi connectivity index (χ3n) is 4.87. The molecule has 0 aliphatic rings. The fourth-order valence-corrected chi connectivity index (χ4v) is 3.33. The van der Waals surface area contributed by atoms with Gasteiger partial charge < -0.3 is 19.2 Å². The summed E-state index contributed by atoms with van der Waals surface area (Å²) in [7, 11) is 0. The first kappa shape index (κ1) is 22.5. The highest BCUT2D eigenvalue weighted by molar-refractivity contribution is 6.30. The van der Waals surface area contributed by atoms with Crippen molar-refractivity contribution in [1.82, 2.24) is 9.78 Å². The maximum absolute atomic E-state index is 12.6. The maximum atomic E-state index is 12.6. The molecule has 0 saturated carbocycles. The molecule has 0 fully saturated rings. The van der Waals surface area contributed by atoms with Crippen molar-refractivity contribution < 1.29 is 18.7 Å². The summed E-state index contributed by atoms with van der Waals surface area (Å²) < 4.78 is 18.6. The number of rotatable bonds is 9. The van der Waals surface area contributed by atoms with E-state index in [4.69, 9.17) is 25.5 Å². The number of nitrogens with zero attached hydrogens (tertiary/aromatic N) is 2. The van der Waals surface area contributed by atoms with Gasteiger partial charge >= 0.3 is 0 Å². The number of carbonyl (C=O) groups is 1. The van der Waals surface area contributed by atoms with E-state index in [0.29, 0.717) is 35.5 Å². The number of ether oxygens (including phenoxy) is 2. The summed E-state index contributed by atoms with van der Waals surface area (Å²) in [5, 5.41) is 7.94. The molecule has 0 unspecified atom stereocenters. The van der Waals surface area contributed by atoms with Gasteiger partial charge in [-0.1, -0.05) is 23.7 Å². The summed E-state index contributed by atoms with van der Waals surface area (Å²) in [5.41, 5.74) is 1.98. The van der Waals surface area contributed by atoms with Crippen molar-refractivity contribution >= 4 is 23.3 Å². The minimum atomic E-state index is -0.376. The Bertz CT molecular complexity index is 1210. The number of benzene rings is 2. The van der Waals surface area contributed by atoms with Gasteiger partial charge in [-0.2, -0.15) is 5.10 Å². The Balaban J connectivity index is 1.33. The van der Waals surface area contributed by atoms with Gasteiger partial charge in [0.2, 0.25) is 0 Å². The van der Waals surface area contributed by atoms with Gasteiger partial charge in [0.25, 0.3) is 5.91 Å². The summed E-state index contributed by atoms with van der Waals surface area (Å²) in [6.07, 6.45) is 0. The van der Waals surface area contributed by atoms with Crippen molar-refractivity contribution in [2.24, 2.45) is 0 Å². The molecule has 0 bridgehead atoms. The Morgan fingerprint density at radius 3 is 2.42 bits per heavy atom. The maximum Gasteiger partial charge on any atom is 0.292 e. The lowest BCUT2D eigenvalue weighted by Gasteiger charge is -2.06. The van der Waals surface area contributed by atoms with Crippen molar-refractivity contribution in [3.8, 4) is 11.5 Å². The predicted molar refractivity (Wildman–Crippen MR) is 126 cm³/mol. The number of aryl methyl sites for hydroxylation is 1. The van der Waals surface area contributed by atoms with Crippen molar-refractivity contribution in [2.75, 3.05) is 11.9 Å². The van der Waals surface area contributed by atoms with Crippen LogP contribution in [-0.4, -0.2) is 22.3 Å². The van der Waals surface area contributed by atoms with Crippen LogP contribution in [0.2, 0.25) is 5.02 Å². The molecule has 2 aromatic carbocycles. The number of hydrogen-bond acceptors (Lipinski definition) is 5. The smallest absolute Gasteiger partial charge is 0.292 e. The minimum absolute atomic E-state index is 0.185. The molecule has 1 amide bonds. The largest absolute Gasteiger partial charge is 0.494 e. The van der Waals surface area contributed by atoms with Crippen molar-refractivity contribution in [3.05, 3.63) is 94.5 Å². The zero-order chi connectivity index (χ0) is 23.2. The molecule has 2 heterocycles. The quantitative estimate of drug-likeness (QED) is 0.342. The highest BCUT2D eigenvalue weighted by Gasteiger charge is 2.14. The van der Waals surface area contributed by atoms with Gasteiger partial charge in [-0.15, -0.1) is 0 Å². The second-order valence-electron chi connectivity index (χ2n) is 7.37. The van der Waals surface area contributed by atoms with Gasteiger partial charge in [0, 0.05) is 16.8 Å². The first-order chi connectivity index (χ1) is 16.0. The molecular formula is C25H24ClN3O4. The molecule has 4 rings (SSSR count). The van der Waals surface area contributed by atoms with Crippen LogP contribution in [0.1, 0.15) is 34.5 Å². The fraction of sp³-hybridized carbons (Fsp3) is 0.200. The van der Waals surface area contributed by atoms with E-state index in [-0.39, 0.29) is 18.3 Å². The van der Waals surface area contributed by atoms with E-state index >= 15 is 0 Å². The molecule has 2 aromatic heterocycles. The molecule has 33 heavy (non-hydrogen) atoms. The van der Waals surface area contributed by atoms with Crippen LogP contribution >= 0.6 is 11.6 Å². The number of nitrogens with one attached hydrogen (secondary N) is 1. The Hall–Kier alpha value is -3.71. The van der Waals surface area contributed by atoms with Crippen LogP contribution < -0.4 is 14.8 Å². The predicted octanol–water partition coefficient (Wildman–Crippen LogP) is 5.72. The monoisotopic (exact) mass is 465 g/mol. The summed E-state index contributed by atoms with van der Waals surface area (Å²) in [6, 6.07) is 20.0. The van der Waals surface area contributed by atoms with Gasteiger partial charge in [0.1, 0.15) is 23.9 Å². The molecule has 0 aliphatic carbocycles. The van der Waals surface area contributed by atoms with Gasteiger partial charge in [-0.3, -0.25) is 9.48 Å². The number of halogens is 1. The van der Waals surface area contributed by atoms with E-state index in [2.05, 4.69) is 10.4 Å². The zero-order valence-electron chi connectivity index (χ0n) is 18.4.